The maximum atomic E-state index is 13.0. The minimum absolute atomic E-state index is 0.0434. The Balaban J connectivity index is 1.42. The standard InChI is InChI=1S/C23H27N5O2/c1-4-17-8-10-18(11-9-17)20-13-21-23(30)27(24-15-28(21)25-20)14-22(29)26(3)19-7-5-6-16(2)12-19/h5-12,15,20-21,25H,4,13-14H2,1-3H3. The first-order valence-corrected chi connectivity index (χ1v) is 10.3. The molecule has 0 radical (unpaired) electrons. The zero-order chi connectivity index (χ0) is 21.3. The molecule has 4 rings (SSSR count). The number of hydrogen-bond donors (Lipinski definition) is 1. The second kappa shape index (κ2) is 8.28. The van der Waals surface area contributed by atoms with Crippen LogP contribution >= 0.6 is 0 Å². The molecule has 2 aliphatic rings. The number of hydrazine groups is 1. The summed E-state index contributed by atoms with van der Waals surface area (Å²) in [5.74, 6) is -0.346. The van der Waals surface area contributed by atoms with Crippen LogP contribution in [0.2, 0.25) is 0 Å². The number of amides is 2. The Kier molecular flexibility index (Phi) is 5.55. The monoisotopic (exact) mass is 405 g/mol. The molecule has 7 nitrogen and oxygen atoms in total. The van der Waals surface area contributed by atoms with E-state index in [4.69, 9.17) is 0 Å². The molecule has 0 aliphatic carbocycles. The third-order valence-electron chi connectivity index (χ3n) is 5.79. The Labute approximate surface area is 176 Å². The van der Waals surface area contributed by atoms with Crippen LogP contribution in [0.1, 0.15) is 36.1 Å². The number of anilines is 1. The molecule has 2 amide bonds. The third-order valence-corrected chi connectivity index (χ3v) is 5.79. The van der Waals surface area contributed by atoms with Crippen molar-refractivity contribution >= 4 is 23.8 Å². The largest absolute Gasteiger partial charge is 0.314 e. The molecule has 7 heteroatoms. The lowest BCUT2D eigenvalue weighted by Crippen LogP contribution is -2.52. The van der Waals surface area contributed by atoms with Crippen LogP contribution in [0.15, 0.2) is 53.6 Å². The summed E-state index contributed by atoms with van der Waals surface area (Å²) in [6.45, 7) is 4.03. The number of likely N-dealkylation sites (N-methyl/N-ethyl adjacent to an activating group) is 1. The third kappa shape index (κ3) is 3.93. The summed E-state index contributed by atoms with van der Waals surface area (Å²) >= 11 is 0. The van der Waals surface area contributed by atoms with Gasteiger partial charge in [0.15, 0.2) is 0 Å². The van der Waals surface area contributed by atoms with Gasteiger partial charge in [-0.05, 0) is 48.6 Å². The number of carbonyl (C=O) groups excluding carboxylic acids is 2. The quantitative estimate of drug-likeness (QED) is 0.830. The predicted octanol–water partition coefficient (Wildman–Crippen LogP) is 2.63. The number of hydrogen-bond acceptors (Lipinski definition) is 5. The van der Waals surface area contributed by atoms with Crippen molar-refractivity contribution < 1.29 is 9.59 Å². The van der Waals surface area contributed by atoms with Gasteiger partial charge in [0.05, 0.1) is 6.04 Å². The molecule has 0 spiro atoms. The van der Waals surface area contributed by atoms with Crippen LogP contribution < -0.4 is 10.3 Å². The molecule has 2 atom stereocenters. The van der Waals surface area contributed by atoms with Gasteiger partial charge in [-0.2, -0.15) is 5.10 Å². The summed E-state index contributed by atoms with van der Waals surface area (Å²) < 4.78 is 0. The molecule has 30 heavy (non-hydrogen) atoms. The molecule has 2 aromatic rings. The highest BCUT2D eigenvalue weighted by molar-refractivity contribution is 5.97. The van der Waals surface area contributed by atoms with E-state index in [0.29, 0.717) is 6.42 Å². The van der Waals surface area contributed by atoms with E-state index < -0.39 is 0 Å². The zero-order valence-corrected chi connectivity index (χ0v) is 17.6. The second-order valence-electron chi connectivity index (χ2n) is 7.85. The van der Waals surface area contributed by atoms with Gasteiger partial charge in [-0.15, -0.1) is 0 Å². The normalized spacial score (nSPS) is 20.4. The van der Waals surface area contributed by atoms with Crippen molar-refractivity contribution in [3.63, 3.8) is 0 Å². The fourth-order valence-electron chi connectivity index (χ4n) is 3.87. The molecule has 1 fully saturated rings. The zero-order valence-electron chi connectivity index (χ0n) is 17.6. The van der Waals surface area contributed by atoms with E-state index in [2.05, 4.69) is 41.7 Å². The highest BCUT2D eigenvalue weighted by Crippen LogP contribution is 2.29. The molecule has 2 heterocycles. The first-order chi connectivity index (χ1) is 14.5. The summed E-state index contributed by atoms with van der Waals surface area (Å²) in [7, 11) is 1.72. The Morgan fingerprint density at radius 3 is 2.70 bits per heavy atom. The van der Waals surface area contributed by atoms with E-state index in [-0.39, 0.29) is 30.4 Å². The van der Waals surface area contributed by atoms with Crippen LogP contribution in [0, 0.1) is 6.92 Å². The lowest BCUT2D eigenvalue weighted by atomic mass is 9.99. The van der Waals surface area contributed by atoms with Crippen LogP contribution in [0.5, 0.6) is 0 Å². The van der Waals surface area contributed by atoms with Crippen molar-refractivity contribution in [1.82, 2.24) is 15.4 Å². The van der Waals surface area contributed by atoms with Gasteiger partial charge < -0.3 is 4.90 Å². The predicted molar refractivity (Wildman–Crippen MR) is 117 cm³/mol. The van der Waals surface area contributed by atoms with E-state index in [9.17, 15) is 9.59 Å². The summed E-state index contributed by atoms with van der Waals surface area (Å²) in [6.07, 6.45) is 3.24. The van der Waals surface area contributed by atoms with Gasteiger partial charge in [-0.25, -0.2) is 10.4 Å². The first-order valence-electron chi connectivity index (χ1n) is 10.3. The molecule has 2 aliphatic heterocycles. The Morgan fingerprint density at radius 1 is 1.23 bits per heavy atom. The fourth-order valence-corrected chi connectivity index (χ4v) is 3.87. The number of fused-ring (bicyclic) bond motifs is 1. The van der Waals surface area contributed by atoms with E-state index in [1.54, 1.807) is 23.3 Å². The van der Waals surface area contributed by atoms with Gasteiger partial charge >= 0.3 is 0 Å². The molecular formula is C23H27N5O2. The molecule has 2 unspecified atom stereocenters. The maximum absolute atomic E-state index is 13.0. The smallest absolute Gasteiger partial charge is 0.267 e. The van der Waals surface area contributed by atoms with E-state index >= 15 is 0 Å². The Hall–Kier alpha value is -3.19. The molecular weight excluding hydrogens is 378 g/mol. The summed E-state index contributed by atoms with van der Waals surface area (Å²) in [6, 6.07) is 15.8. The van der Waals surface area contributed by atoms with Gasteiger partial charge in [-0.3, -0.25) is 14.6 Å². The number of benzene rings is 2. The molecule has 2 aromatic carbocycles. The van der Waals surface area contributed by atoms with Crippen molar-refractivity contribution in [3.8, 4) is 0 Å². The van der Waals surface area contributed by atoms with E-state index in [1.807, 2.05) is 31.2 Å². The molecule has 0 bridgehead atoms. The van der Waals surface area contributed by atoms with E-state index in [1.165, 1.54) is 10.6 Å². The Bertz CT molecular complexity index is 972. The average molecular weight is 406 g/mol. The highest BCUT2D eigenvalue weighted by Gasteiger charge is 2.41. The van der Waals surface area contributed by atoms with Crippen LogP contribution in [-0.4, -0.2) is 47.8 Å². The van der Waals surface area contributed by atoms with Crippen molar-refractivity contribution in [1.29, 1.82) is 0 Å². The summed E-state index contributed by atoms with van der Waals surface area (Å²) in [4.78, 5) is 27.3. The molecule has 1 saturated heterocycles. The van der Waals surface area contributed by atoms with Crippen molar-refractivity contribution in [2.75, 3.05) is 18.5 Å². The number of nitrogens with zero attached hydrogens (tertiary/aromatic N) is 4. The van der Waals surface area contributed by atoms with Crippen LogP contribution in [0.4, 0.5) is 5.69 Å². The average Bonchev–Trinajstić information content (AvgIpc) is 3.20. The minimum atomic E-state index is -0.365. The summed E-state index contributed by atoms with van der Waals surface area (Å²) in [5.41, 5.74) is 7.65. The molecule has 156 valence electrons. The van der Waals surface area contributed by atoms with Gasteiger partial charge in [-0.1, -0.05) is 43.3 Å². The second-order valence-corrected chi connectivity index (χ2v) is 7.85. The maximum Gasteiger partial charge on any atom is 0.267 e. The van der Waals surface area contributed by atoms with E-state index in [0.717, 1.165) is 23.2 Å². The molecule has 0 saturated carbocycles. The summed E-state index contributed by atoms with van der Waals surface area (Å²) in [5, 5.41) is 7.25. The first kappa shape index (κ1) is 20.1. The van der Waals surface area contributed by atoms with Crippen molar-refractivity contribution in [2.45, 2.75) is 38.8 Å². The molecule has 0 aromatic heterocycles. The number of carbonyl (C=O) groups is 2. The van der Waals surface area contributed by atoms with Crippen LogP contribution in [-0.2, 0) is 16.0 Å². The fraction of sp³-hybridized carbons (Fsp3) is 0.348. The van der Waals surface area contributed by atoms with Crippen LogP contribution in [0.3, 0.4) is 0 Å². The molecule has 1 N–H and O–H groups in total. The Morgan fingerprint density at radius 2 is 2.00 bits per heavy atom. The SMILES string of the molecule is CCc1ccc(C2CC3C(=O)N(CC(=O)N(C)c4cccc(C)c4)N=CN3N2)cc1. The lowest BCUT2D eigenvalue weighted by molar-refractivity contribution is -0.139. The van der Waals surface area contributed by atoms with Gasteiger partial charge in [0.1, 0.15) is 18.9 Å². The topological polar surface area (TPSA) is 68.2 Å². The number of nitrogens with one attached hydrogen (secondary N) is 1. The van der Waals surface area contributed by atoms with Crippen molar-refractivity contribution in [3.05, 3.63) is 65.2 Å². The highest BCUT2D eigenvalue weighted by atomic mass is 16.2. The number of hydrazone groups is 1. The number of aryl methyl sites for hydroxylation is 2. The van der Waals surface area contributed by atoms with Crippen molar-refractivity contribution in [2.24, 2.45) is 5.10 Å². The van der Waals surface area contributed by atoms with Gasteiger partial charge in [0.2, 0.25) is 5.91 Å². The minimum Gasteiger partial charge on any atom is -0.314 e. The van der Waals surface area contributed by atoms with Gasteiger partial charge in [0, 0.05) is 12.7 Å². The van der Waals surface area contributed by atoms with Gasteiger partial charge in [0.25, 0.3) is 5.91 Å². The van der Waals surface area contributed by atoms with Crippen LogP contribution in [0.25, 0.3) is 0 Å². The number of rotatable bonds is 5. The lowest BCUT2D eigenvalue weighted by Gasteiger charge is -2.30.